The highest BCUT2D eigenvalue weighted by Crippen LogP contribution is 2.39. The van der Waals surface area contributed by atoms with Gasteiger partial charge in [-0.2, -0.15) is 0 Å². The second-order valence-corrected chi connectivity index (χ2v) is 17.1. The van der Waals surface area contributed by atoms with Gasteiger partial charge in [-0.1, -0.05) is 17.3 Å². The second-order valence-electron chi connectivity index (χ2n) is 14.9. The zero-order chi connectivity index (χ0) is 39.0. The molecule has 2 atom stereocenters. The van der Waals surface area contributed by atoms with Crippen LogP contribution in [-0.2, 0) is 46.2 Å². The van der Waals surface area contributed by atoms with Crippen LogP contribution < -0.4 is 10.9 Å². The number of ether oxygens (including phenoxy) is 2. The Balaban J connectivity index is 0.843. The monoisotopic (exact) mass is 798 g/mol. The third kappa shape index (κ3) is 7.52. The quantitative estimate of drug-likeness (QED) is 0.0896. The van der Waals surface area contributed by atoms with E-state index in [9.17, 15) is 24.9 Å². The molecular weight excluding hydrogens is 753 g/mol. The first kappa shape index (κ1) is 38.4. The van der Waals surface area contributed by atoms with E-state index in [2.05, 4.69) is 32.6 Å². The summed E-state index contributed by atoms with van der Waals surface area (Å²) in [6.45, 7) is 5.28. The van der Waals surface area contributed by atoms with Crippen LogP contribution >= 0.6 is 22.7 Å². The zero-order valence-electron chi connectivity index (χ0n) is 31.4. The number of aryl methyl sites for hydroxylation is 2. The summed E-state index contributed by atoms with van der Waals surface area (Å²) >= 11 is 2.77. The van der Waals surface area contributed by atoms with Crippen molar-refractivity contribution in [2.45, 2.75) is 89.2 Å². The summed E-state index contributed by atoms with van der Waals surface area (Å²) in [6.07, 6.45) is 3.08. The summed E-state index contributed by atoms with van der Waals surface area (Å²) in [7, 11) is 2.15. The number of carbonyl (C=O) groups excluding carboxylic acids is 1. The number of H-pyrrole nitrogens is 1. The van der Waals surface area contributed by atoms with E-state index in [1.54, 1.807) is 18.2 Å². The number of hydrogen-bond donors (Lipinski definition) is 5. The second kappa shape index (κ2) is 16.2. The molecule has 56 heavy (non-hydrogen) atoms. The molecular formula is C41H46N6O7S2. The van der Waals surface area contributed by atoms with E-state index in [4.69, 9.17) is 9.47 Å². The summed E-state index contributed by atoms with van der Waals surface area (Å²) < 4.78 is 13.9. The minimum absolute atomic E-state index is 0.0455. The normalized spacial score (nSPS) is 18.7. The lowest BCUT2D eigenvalue weighted by Crippen LogP contribution is -2.42. The van der Waals surface area contributed by atoms with Gasteiger partial charge in [0.15, 0.2) is 0 Å². The molecule has 1 aliphatic carbocycles. The molecule has 0 saturated heterocycles. The number of pyridine rings is 1. The highest BCUT2D eigenvalue weighted by molar-refractivity contribution is 7.13. The fourth-order valence-corrected chi connectivity index (χ4v) is 10.0. The summed E-state index contributed by atoms with van der Waals surface area (Å²) in [4.78, 5) is 32.6. The Kier molecular flexibility index (Phi) is 11.1. The van der Waals surface area contributed by atoms with Crippen molar-refractivity contribution in [3.05, 3.63) is 107 Å². The average Bonchev–Trinajstić information content (AvgIpc) is 4.03. The first-order chi connectivity index (χ1) is 27.1. The van der Waals surface area contributed by atoms with Gasteiger partial charge in [0.2, 0.25) is 11.2 Å². The van der Waals surface area contributed by atoms with E-state index < -0.39 is 17.7 Å². The average molecular weight is 799 g/mol. The third-order valence-corrected chi connectivity index (χ3v) is 13.3. The molecule has 8 rings (SSSR count). The van der Waals surface area contributed by atoms with E-state index in [0.29, 0.717) is 58.6 Å². The van der Waals surface area contributed by atoms with E-state index in [-0.39, 0.29) is 24.0 Å². The number of benzene rings is 2. The number of phenols is 1. The largest absolute Gasteiger partial charge is 0.506 e. The number of rotatable bonds is 14. The molecule has 0 bridgehead atoms. The molecule has 1 fully saturated rings. The smallest absolute Gasteiger partial charge is 0.349 e. The molecule has 6 aromatic rings. The van der Waals surface area contributed by atoms with E-state index in [0.717, 1.165) is 71.2 Å². The molecule has 13 nitrogen and oxygen atoms in total. The molecule has 5 heterocycles. The van der Waals surface area contributed by atoms with Crippen molar-refractivity contribution < 1.29 is 29.6 Å². The van der Waals surface area contributed by atoms with Crippen LogP contribution in [-0.4, -0.2) is 78.4 Å². The minimum Gasteiger partial charge on any atom is -0.506 e. The van der Waals surface area contributed by atoms with Gasteiger partial charge in [0.1, 0.15) is 17.4 Å². The number of phenolic OH excluding ortho intramolecular Hbond substituents is 1. The number of aromatic hydroxyl groups is 1. The van der Waals surface area contributed by atoms with Gasteiger partial charge in [0, 0.05) is 47.6 Å². The van der Waals surface area contributed by atoms with E-state index in [1.807, 2.05) is 41.3 Å². The summed E-state index contributed by atoms with van der Waals surface area (Å²) in [5, 5.41) is 47.9. The van der Waals surface area contributed by atoms with Crippen molar-refractivity contribution in [2.24, 2.45) is 0 Å². The molecule has 2 aliphatic rings. The van der Waals surface area contributed by atoms with Crippen LogP contribution in [0.3, 0.4) is 0 Å². The Morgan fingerprint density at radius 3 is 2.71 bits per heavy atom. The van der Waals surface area contributed by atoms with Crippen LogP contribution in [0.4, 0.5) is 0 Å². The Bertz CT molecular complexity index is 2400. The predicted octanol–water partition coefficient (Wildman–Crippen LogP) is 5.38. The van der Waals surface area contributed by atoms with E-state index in [1.165, 1.54) is 34.8 Å². The maximum Gasteiger partial charge on any atom is 0.349 e. The van der Waals surface area contributed by atoms with E-state index >= 15 is 0 Å². The van der Waals surface area contributed by atoms with Crippen LogP contribution in [0, 0.1) is 6.92 Å². The fourth-order valence-electron chi connectivity index (χ4n) is 8.16. The van der Waals surface area contributed by atoms with Crippen molar-refractivity contribution in [3.8, 4) is 5.75 Å². The number of aromatic nitrogens is 4. The van der Waals surface area contributed by atoms with Gasteiger partial charge >= 0.3 is 5.97 Å². The maximum absolute atomic E-state index is 13.5. The van der Waals surface area contributed by atoms with Crippen LogP contribution in [0.1, 0.15) is 75.1 Å². The number of thiophene rings is 2. The fraction of sp³-hybridized carbons (Fsp3) is 0.415. The number of nitrogens with one attached hydrogen (secondary N) is 2. The van der Waals surface area contributed by atoms with Gasteiger partial charge in [0.25, 0.3) is 0 Å². The number of aromatic amines is 1. The van der Waals surface area contributed by atoms with Gasteiger partial charge in [0.05, 0.1) is 40.1 Å². The Morgan fingerprint density at radius 1 is 1.12 bits per heavy atom. The highest BCUT2D eigenvalue weighted by Gasteiger charge is 2.45. The summed E-state index contributed by atoms with van der Waals surface area (Å²) in [5.74, 6) is -0.645. The number of carbonyl (C=O) groups is 1. The molecule has 15 heteroatoms. The standard InChI is InChI=1S/C41H46N6O7S2/c1-24-6-14-36(56-24)41(52,35-5-3-18-55-35)40(51)54-27-9-7-26(8-10-27)46(2)16-4-17-47-39-31-23-53-22-30(31)25(19-32(39)44-45-47)20-42-21-34(49)28-11-13-33(48)38-29(28)12-15-37(50)43-38/h3,5-6,11-15,18-19,26-27,34,42,48-49,52H,4,7-10,16-17,20-23H2,1-2H3,(H,43,50)/t26?,27?,34-,41+/m0/s1. The molecule has 1 saturated carbocycles. The van der Waals surface area contributed by atoms with Gasteiger partial charge in [-0.25, -0.2) is 9.48 Å². The minimum atomic E-state index is -1.79. The third-order valence-electron chi connectivity index (χ3n) is 11.2. The summed E-state index contributed by atoms with van der Waals surface area (Å²) in [5.41, 5.74) is 3.85. The van der Waals surface area contributed by atoms with Crippen LogP contribution in [0.25, 0.3) is 21.9 Å². The van der Waals surface area contributed by atoms with Crippen LogP contribution in [0.2, 0.25) is 0 Å². The highest BCUT2D eigenvalue weighted by atomic mass is 32.1. The number of fused-ring (bicyclic) bond motifs is 4. The first-order valence-corrected chi connectivity index (χ1v) is 20.7. The summed E-state index contributed by atoms with van der Waals surface area (Å²) in [6, 6.07) is 15.9. The van der Waals surface area contributed by atoms with Gasteiger partial charge in [-0.3, -0.25) is 4.79 Å². The molecule has 1 aliphatic heterocycles. The molecule has 0 radical (unpaired) electrons. The Labute approximate surface area is 331 Å². The SMILES string of the molecule is Cc1ccc([C@@](O)(C(=O)OC2CCC(N(C)CCCn3nnc4cc(CNC[C@H](O)c5ccc(O)c6[nH]c(=O)ccc56)c5c(c43)COC5)CC2)c2cccs2)s1. The first-order valence-electron chi connectivity index (χ1n) is 19.0. The molecule has 0 spiro atoms. The Hall–Kier alpha value is -4.48. The predicted molar refractivity (Wildman–Crippen MR) is 215 cm³/mol. The lowest BCUT2D eigenvalue weighted by Gasteiger charge is -2.35. The van der Waals surface area contributed by atoms with Crippen molar-refractivity contribution >= 4 is 50.6 Å². The molecule has 0 amide bonds. The van der Waals surface area contributed by atoms with Gasteiger partial charge < -0.3 is 40.0 Å². The lowest BCUT2D eigenvalue weighted by atomic mass is 9.91. The topological polar surface area (TPSA) is 175 Å². The molecule has 5 N–H and O–H groups in total. The van der Waals surface area contributed by atoms with Gasteiger partial charge in [-0.15, -0.1) is 27.8 Å². The molecule has 2 aromatic carbocycles. The Morgan fingerprint density at radius 2 is 1.95 bits per heavy atom. The number of esters is 1. The van der Waals surface area contributed by atoms with Crippen molar-refractivity contribution in [1.82, 2.24) is 30.2 Å². The van der Waals surface area contributed by atoms with Crippen molar-refractivity contribution in [3.63, 3.8) is 0 Å². The molecule has 294 valence electrons. The number of aliphatic hydroxyl groups is 2. The van der Waals surface area contributed by atoms with Crippen LogP contribution in [0.15, 0.2) is 64.8 Å². The zero-order valence-corrected chi connectivity index (χ0v) is 33.0. The van der Waals surface area contributed by atoms with Crippen LogP contribution in [0.5, 0.6) is 5.75 Å². The molecule has 4 aromatic heterocycles. The number of hydrogen-bond acceptors (Lipinski definition) is 13. The van der Waals surface area contributed by atoms with Crippen molar-refractivity contribution in [1.29, 1.82) is 0 Å². The van der Waals surface area contributed by atoms with Gasteiger partial charge in [-0.05, 0) is 111 Å². The lowest BCUT2D eigenvalue weighted by molar-refractivity contribution is -0.169. The number of nitrogens with zero attached hydrogens (tertiary/aromatic N) is 4. The maximum atomic E-state index is 13.5. The molecule has 0 unspecified atom stereocenters. The van der Waals surface area contributed by atoms with Crippen molar-refractivity contribution in [2.75, 3.05) is 20.1 Å². The number of aliphatic hydroxyl groups excluding tert-OH is 1.